The van der Waals surface area contributed by atoms with Gasteiger partial charge in [0.1, 0.15) is 0 Å². The fourth-order valence-electron chi connectivity index (χ4n) is 0. The Bertz CT molecular complexity index is 29.5. The van der Waals surface area contributed by atoms with Crippen LogP contribution in [0.2, 0.25) is 0 Å². The maximum Gasteiger partial charge on any atom is 0.00689 e. The molecule has 0 saturated carbocycles. The Morgan fingerprint density at radius 1 is 1.00 bits per heavy atom. The molecule has 0 aliphatic carbocycles. The SMILES string of the molecule is CCCN.CCNN.CNNC.NN. The second-order valence-corrected chi connectivity index (χ2v) is 1.85. The zero-order chi connectivity index (χ0) is 12.2. The van der Waals surface area contributed by atoms with Crippen molar-refractivity contribution in [2.24, 2.45) is 23.3 Å². The van der Waals surface area contributed by atoms with Gasteiger partial charge in [0, 0.05) is 6.54 Å². The van der Waals surface area contributed by atoms with E-state index < -0.39 is 0 Å². The van der Waals surface area contributed by atoms with Crippen molar-refractivity contribution in [2.75, 3.05) is 27.2 Å². The molecule has 0 unspecified atom stereocenters. The molecule has 0 radical (unpaired) electrons. The Morgan fingerprint density at radius 3 is 1.21 bits per heavy atom. The first kappa shape index (κ1) is 23.5. The molecule has 14 heavy (non-hydrogen) atoms. The normalized spacial score (nSPS) is 6.86. The van der Waals surface area contributed by atoms with Crippen LogP contribution in [0, 0.1) is 0 Å². The summed E-state index contributed by atoms with van der Waals surface area (Å²) in [7, 11) is 3.64. The minimum Gasteiger partial charge on any atom is -0.330 e. The summed E-state index contributed by atoms with van der Waals surface area (Å²) >= 11 is 0. The highest BCUT2D eigenvalue weighted by atomic mass is 15.3. The summed E-state index contributed by atoms with van der Waals surface area (Å²) in [4.78, 5) is 0. The number of rotatable bonds is 3. The molecule has 0 aliphatic heterocycles. The lowest BCUT2D eigenvalue weighted by Crippen LogP contribution is -2.21. The van der Waals surface area contributed by atoms with Crippen LogP contribution in [0.4, 0.5) is 0 Å². The van der Waals surface area contributed by atoms with Gasteiger partial charge in [0.15, 0.2) is 0 Å². The van der Waals surface area contributed by atoms with Crippen LogP contribution in [0.5, 0.6) is 0 Å². The molecular weight excluding hydrogens is 182 g/mol. The van der Waals surface area contributed by atoms with Crippen molar-refractivity contribution in [1.82, 2.24) is 16.3 Å². The van der Waals surface area contributed by atoms with E-state index in [0.717, 1.165) is 19.5 Å². The smallest absolute Gasteiger partial charge is 0.00689 e. The van der Waals surface area contributed by atoms with E-state index in [1.807, 2.05) is 21.0 Å². The molecule has 0 fully saturated rings. The van der Waals surface area contributed by atoms with Crippen molar-refractivity contribution in [2.45, 2.75) is 20.3 Å². The second kappa shape index (κ2) is 53.4. The van der Waals surface area contributed by atoms with E-state index in [4.69, 9.17) is 11.6 Å². The fraction of sp³-hybridized carbons (Fsp3) is 1.00. The van der Waals surface area contributed by atoms with Gasteiger partial charge in [-0.1, -0.05) is 13.8 Å². The minimum atomic E-state index is 0.819. The lowest BCUT2D eigenvalue weighted by atomic mass is 10.5. The summed E-state index contributed by atoms with van der Waals surface area (Å²) in [6.45, 7) is 5.67. The van der Waals surface area contributed by atoms with Gasteiger partial charge < -0.3 is 5.73 Å². The molecule has 0 amide bonds. The van der Waals surface area contributed by atoms with E-state index in [1.165, 1.54) is 0 Å². The zero-order valence-corrected chi connectivity index (χ0v) is 9.93. The average Bonchev–Trinajstić information content (AvgIpc) is 2.31. The summed E-state index contributed by atoms with van der Waals surface area (Å²) in [5, 5.41) is 0. The van der Waals surface area contributed by atoms with Crippen LogP contribution in [-0.4, -0.2) is 27.2 Å². The van der Waals surface area contributed by atoms with E-state index in [1.54, 1.807) is 0 Å². The van der Waals surface area contributed by atoms with Gasteiger partial charge in [0.05, 0.1) is 0 Å². The molecule has 11 N–H and O–H groups in total. The van der Waals surface area contributed by atoms with Crippen LogP contribution in [0.3, 0.4) is 0 Å². The highest BCUT2D eigenvalue weighted by Crippen LogP contribution is 1.57. The molecule has 7 nitrogen and oxygen atoms in total. The van der Waals surface area contributed by atoms with E-state index in [0.29, 0.717) is 0 Å². The van der Waals surface area contributed by atoms with Crippen LogP contribution < -0.4 is 39.5 Å². The van der Waals surface area contributed by atoms with Crippen molar-refractivity contribution in [3.8, 4) is 0 Å². The first-order valence-corrected chi connectivity index (χ1v) is 4.55. The van der Waals surface area contributed by atoms with Crippen molar-refractivity contribution in [3.05, 3.63) is 0 Å². The van der Waals surface area contributed by atoms with Crippen LogP contribution in [0.1, 0.15) is 20.3 Å². The van der Waals surface area contributed by atoms with Crippen molar-refractivity contribution in [1.29, 1.82) is 0 Å². The van der Waals surface area contributed by atoms with Gasteiger partial charge in [0.2, 0.25) is 0 Å². The van der Waals surface area contributed by atoms with E-state index in [9.17, 15) is 0 Å². The number of hydrogen-bond donors (Lipinski definition) is 7. The van der Waals surface area contributed by atoms with Gasteiger partial charge in [-0.2, -0.15) is 0 Å². The van der Waals surface area contributed by atoms with Crippen LogP contribution in [-0.2, 0) is 0 Å². The summed E-state index contributed by atoms with van der Waals surface area (Å²) in [6, 6.07) is 0. The average molecular weight is 211 g/mol. The van der Waals surface area contributed by atoms with Crippen molar-refractivity contribution in [3.63, 3.8) is 0 Å². The lowest BCUT2D eigenvalue weighted by molar-refractivity contribution is 0.689. The number of nitrogens with two attached hydrogens (primary N) is 4. The molecule has 0 bridgehead atoms. The number of nitrogens with one attached hydrogen (secondary N) is 3. The molecule has 92 valence electrons. The Balaban J connectivity index is -0.0000000492. The van der Waals surface area contributed by atoms with Gasteiger partial charge in [-0.3, -0.25) is 33.8 Å². The minimum absolute atomic E-state index is 0.819. The van der Waals surface area contributed by atoms with Crippen LogP contribution >= 0.6 is 0 Å². The van der Waals surface area contributed by atoms with E-state index in [-0.39, 0.29) is 0 Å². The Kier molecular flexibility index (Phi) is 89.6. The predicted molar refractivity (Wildman–Crippen MR) is 63.7 cm³/mol. The third kappa shape index (κ3) is 182. The monoisotopic (exact) mass is 211 g/mol. The van der Waals surface area contributed by atoms with Crippen LogP contribution in [0.15, 0.2) is 0 Å². The second-order valence-electron chi connectivity index (χ2n) is 1.85. The van der Waals surface area contributed by atoms with Gasteiger partial charge >= 0.3 is 0 Å². The number of hydrogen-bond acceptors (Lipinski definition) is 7. The highest BCUT2D eigenvalue weighted by molar-refractivity contribution is 4.19. The van der Waals surface area contributed by atoms with E-state index in [2.05, 4.69) is 34.9 Å². The third-order valence-corrected chi connectivity index (χ3v) is 0.743. The Morgan fingerprint density at radius 2 is 1.21 bits per heavy atom. The third-order valence-electron chi connectivity index (χ3n) is 0.743. The van der Waals surface area contributed by atoms with E-state index >= 15 is 0 Å². The maximum atomic E-state index is 5.03. The summed E-state index contributed by atoms with van der Waals surface area (Å²) < 4.78 is 0. The topological polar surface area (TPSA) is 140 Å². The lowest BCUT2D eigenvalue weighted by Gasteiger charge is -1.81. The molecule has 7 heteroatoms. The van der Waals surface area contributed by atoms with Crippen LogP contribution in [0.25, 0.3) is 0 Å². The van der Waals surface area contributed by atoms with Gasteiger partial charge in [-0.25, -0.2) is 0 Å². The summed E-state index contributed by atoms with van der Waals surface area (Å²) in [5.74, 6) is 12.8. The molecule has 0 aliphatic rings. The standard InChI is InChI=1S/C3H9N.2C2H8N2.H4N2/c1-2-3-4;1-3-4-2;1-2-4-3;1-2/h2-4H2,1H3;3-4H,1-2H3;4H,2-3H2,1H3;1-2H2. The molecule has 0 heterocycles. The molecule has 0 aromatic heterocycles. The molecule has 0 rings (SSSR count). The molecule has 0 saturated heterocycles. The Hall–Kier alpha value is -0.280. The molecule has 0 aromatic rings. The summed E-state index contributed by atoms with van der Waals surface area (Å²) in [6.07, 6.45) is 1.10. The predicted octanol–water partition coefficient (Wildman–Crippen LogP) is -2.02. The largest absolute Gasteiger partial charge is 0.330 e. The van der Waals surface area contributed by atoms with Gasteiger partial charge in [-0.15, -0.1) is 0 Å². The maximum absolute atomic E-state index is 5.03. The number of hydrazine groups is 3. The first-order chi connectivity index (χ1) is 6.74. The molecule has 0 spiro atoms. The fourth-order valence-corrected chi connectivity index (χ4v) is 0. The Labute approximate surface area is 87.9 Å². The van der Waals surface area contributed by atoms with Crippen molar-refractivity contribution >= 4 is 0 Å². The molecule has 0 atom stereocenters. The van der Waals surface area contributed by atoms with Gasteiger partial charge in [0.25, 0.3) is 0 Å². The van der Waals surface area contributed by atoms with Gasteiger partial charge in [-0.05, 0) is 27.1 Å². The molecule has 0 aromatic carbocycles. The zero-order valence-electron chi connectivity index (χ0n) is 9.93. The quantitative estimate of drug-likeness (QED) is 0.211. The first-order valence-electron chi connectivity index (χ1n) is 4.55. The summed E-state index contributed by atoms with van der Waals surface area (Å²) in [5.41, 5.74) is 12.8. The van der Waals surface area contributed by atoms with Crippen molar-refractivity contribution < 1.29 is 0 Å². The molecular formula is C7H29N7. The highest BCUT2D eigenvalue weighted by Gasteiger charge is 1.55.